The molecule has 0 spiro atoms. The zero-order valence-electron chi connectivity index (χ0n) is 8.62. The molecule has 0 radical (unpaired) electrons. The van der Waals surface area contributed by atoms with Crippen molar-refractivity contribution in [3.63, 3.8) is 0 Å². The molecule has 0 aliphatic carbocycles. The number of nitrogens with zero attached hydrogens (tertiary/aromatic N) is 1. The normalized spacial score (nSPS) is 21.3. The van der Waals surface area contributed by atoms with Crippen LogP contribution in [0.15, 0.2) is 18.2 Å². The second-order valence-corrected chi connectivity index (χ2v) is 4.22. The molecule has 5 heteroatoms. The minimum atomic E-state index is -0.563. The number of hydrogen-bond acceptors (Lipinski definition) is 2. The van der Waals surface area contributed by atoms with Crippen LogP contribution in [0.5, 0.6) is 0 Å². The summed E-state index contributed by atoms with van der Waals surface area (Å²) in [7, 11) is 0. The molecule has 86 valence electrons. The van der Waals surface area contributed by atoms with Crippen molar-refractivity contribution in [2.24, 2.45) is 5.73 Å². The van der Waals surface area contributed by atoms with Gasteiger partial charge in [0.1, 0.15) is 0 Å². The molecule has 1 aliphatic rings. The largest absolute Gasteiger partial charge is 0.320 e. The van der Waals surface area contributed by atoms with Gasteiger partial charge in [0, 0.05) is 6.54 Å². The molecule has 1 aromatic carbocycles. The third-order valence-corrected chi connectivity index (χ3v) is 2.99. The maximum Gasteiger partial charge on any atom is 0.243 e. The van der Waals surface area contributed by atoms with Crippen LogP contribution >= 0.6 is 11.6 Å². The van der Waals surface area contributed by atoms with Gasteiger partial charge >= 0.3 is 0 Å². The SMILES string of the molecule is NC1CCCN(c2cccc(Cl)c2F)C1=O. The molecule has 1 saturated heterocycles. The third-order valence-electron chi connectivity index (χ3n) is 2.70. The Balaban J connectivity index is 2.36. The smallest absolute Gasteiger partial charge is 0.243 e. The van der Waals surface area contributed by atoms with E-state index in [0.717, 1.165) is 6.42 Å². The highest BCUT2D eigenvalue weighted by Gasteiger charge is 2.28. The Labute approximate surface area is 98.0 Å². The van der Waals surface area contributed by atoms with Crippen LogP contribution in [0.4, 0.5) is 10.1 Å². The number of carbonyl (C=O) groups excluding carboxylic acids is 1. The van der Waals surface area contributed by atoms with E-state index in [1.165, 1.54) is 17.0 Å². The number of nitrogens with two attached hydrogens (primary N) is 1. The third kappa shape index (κ3) is 1.90. The molecule has 1 aromatic rings. The minimum absolute atomic E-state index is 0.0180. The van der Waals surface area contributed by atoms with Gasteiger partial charge in [-0.25, -0.2) is 4.39 Å². The Morgan fingerprint density at radius 2 is 2.25 bits per heavy atom. The summed E-state index contributed by atoms with van der Waals surface area (Å²) in [6.45, 7) is 0.490. The monoisotopic (exact) mass is 242 g/mol. The van der Waals surface area contributed by atoms with Gasteiger partial charge in [0.15, 0.2) is 5.82 Å². The van der Waals surface area contributed by atoms with Crippen molar-refractivity contribution < 1.29 is 9.18 Å². The predicted molar refractivity (Wildman–Crippen MR) is 61.0 cm³/mol. The molecule has 1 heterocycles. The summed E-state index contributed by atoms with van der Waals surface area (Å²) in [5.41, 5.74) is 5.86. The maximum absolute atomic E-state index is 13.7. The summed E-state index contributed by atoms with van der Waals surface area (Å²) in [6.07, 6.45) is 1.43. The van der Waals surface area contributed by atoms with Gasteiger partial charge in [0.2, 0.25) is 5.91 Å². The van der Waals surface area contributed by atoms with E-state index in [0.29, 0.717) is 13.0 Å². The topological polar surface area (TPSA) is 46.3 Å². The van der Waals surface area contributed by atoms with Crippen molar-refractivity contribution in [3.8, 4) is 0 Å². The molecule has 0 saturated carbocycles. The number of piperidine rings is 1. The first-order valence-corrected chi connectivity index (χ1v) is 5.50. The summed E-state index contributed by atoms with van der Waals surface area (Å²) in [5, 5.41) is 0.0180. The fourth-order valence-corrected chi connectivity index (χ4v) is 2.01. The van der Waals surface area contributed by atoms with Gasteiger partial charge in [-0.2, -0.15) is 0 Å². The van der Waals surface area contributed by atoms with Gasteiger partial charge < -0.3 is 10.6 Å². The second kappa shape index (κ2) is 4.39. The Kier molecular flexibility index (Phi) is 3.12. The van der Waals surface area contributed by atoms with Crippen LogP contribution in [0.1, 0.15) is 12.8 Å². The van der Waals surface area contributed by atoms with Crippen molar-refractivity contribution >= 4 is 23.2 Å². The number of halogens is 2. The molecule has 0 bridgehead atoms. The lowest BCUT2D eigenvalue weighted by molar-refractivity contribution is -0.120. The number of carbonyl (C=O) groups is 1. The van der Waals surface area contributed by atoms with Crippen LogP contribution in [0.2, 0.25) is 5.02 Å². The van der Waals surface area contributed by atoms with E-state index >= 15 is 0 Å². The van der Waals surface area contributed by atoms with Crippen molar-refractivity contribution in [2.45, 2.75) is 18.9 Å². The van der Waals surface area contributed by atoms with Crippen molar-refractivity contribution in [2.75, 3.05) is 11.4 Å². The van der Waals surface area contributed by atoms with Gasteiger partial charge in [-0.3, -0.25) is 4.79 Å². The molecule has 2 rings (SSSR count). The average Bonchev–Trinajstić information content (AvgIpc) is 2.27. The van der Waals surface area contributed by atoms with Gasteiger partial charge in [-0.05, 0) is 25.0 Å². The maximum atomic E-state index is 13.7. The van der Waals surface area contributed by atoms with E-state index in [-0.39, 0.29) is 16.6 Å². The Morgan fingerprint density at radius 1 is 1.50 bits per heavy atom. The zero-order chi connectivity index (χ0) is 11.7. The summed E-state index contributed by atoms with van der Waals surface area (Å²) in [4.78, 5) is 13.2. The van der Waals surface area contributed by atoms with Gasteiger partial charge in [-0.1, -0.05) is 17.7 Å². The molecule has 1 fully saturated rings. The quantitative estimate of drug-likeness (QED) is 0.818. The molecule has 3 nitrogen and oxygen atoms in total. The highest BCUT2D eigenvalue weighted by Crippen LogP contribution is 2.28. The summed E-state index contributed by atoms with van der Waals surface area (Å²) < 4.78 is 13.7. The fourth-order valence-electron chi connectivity index (χ4n) is 1.84. The first kappa shape index (κ1) is 11.4. The van der Waals surface area contributed by atoms with E-state index in [2.05, 4.69) is 0 Å². The standard InChI is InChI=1S/C11H12ClFN2O/c12-7-3-1-5-9(10(7)13)15-6-2-4-8(14)11(15)16/h1,3,5,8H,2,4,6,14H2. The number of anilines is 1. The highest BCUT2D eigenvalue weighted by molar-refractivity contribution is 6.31. The molecular weight excluding hydrogens is 231 g/mol. The van der Waals surface area contributed by atoms with Crippen LogP contribution in [0, 0.1) is 5.82 Å². The lowest BCUT2D eigenvalue weighted by Gasteiger charge is -2.30. The fraction of sp³-hybridized carbons (Fsp3) is 0.364. The molecule has 1 unspecified atom stereocenters. The summed E-state index contributed by atoms with van der Waals surface area (Å²) in [6, 6.07) is 4.08. The van der Waals surface area contributed by atoms with Crippen LogP contribution in [-0.4, -0.2) is 18.5 Å². The second-order valence-electron chi connectivity index (χ2n) is 3.81. The Hall–Kier alpha value is -1.13. The first-order valence-electron chi connectivity index (χ1n) is 5.12. The van der Waals surface area contributed by atoms with Crippen LogP contribution in [-0.2, 0) is 4.79 Å². The predicted octanol–water partition coefficient (Wildman–Crippen LogP) is 1.93. The number of amides is 1. The Morgan fingerprint density at radius 3 is 3.00 bits per heavy atom. The van der Waals surface area contributed by atoms with Crippen molar-refractivity contribution in [1.82, 2.24) is 0 Å². The van der Waals surface area contributed by atoms with Gasteiger partial charge in [0.05, 0.1) is 16.8 Å². The van der Waals surface area contributed by atoms with E-state index in [9.17, 15) is 9.18 Å². The van der Waals surface area contributed by atoms with Crippen LogP contribution in [0.3, 0.4) is 0 Å². The number of benzene rings is 1. The number of rotatable bonds is 1. The molecular formula is C11H12ClFN2O. The lowest BCUT2D eigenvalue weighted by Crippen LogP contribution is -2.48. The lowest BCUT2D eigenvalue weighted by atomic mass is 10.0. The summed E-state index contributed by atoms with van der Waals surface area (Å²) in [5.74, 6) is -0.806. The molecule has 1 atom stereocenters. The average molecular weight is 243 g/mol. The van der Waals surface area contributed by atoms with Crippen LogP contribution < -0.4 is 10.6 Å². The minimum Gasteiger partial charge on any atom is -0.320 e. The van der Waals surface area contributed by atoms with Crippen molar-refractivity contribution in [3.05, 3.63) is 29.0 Å². The molecule has 2 N–H and O–H groups in total. The van der Waals surface area contributed by atoms with Crippen LogP contribution in [0.25, 0.3) is 0 Å². The molecule has 16 heavy (non-hydrogen) atoms. The highest BCUT2D eigenvalue weighted by atomic mass is 35.5. The molecule has 1 amide bonds. The Bertz CT molecular complexity index is 424. The van der Waals surface area contributed by atoms with Gasteiger partial charge in [0.25, 0.3) is 0 Å². The number of hydrogen-bond donors (Lipinski definition) is 1. The van der Waals surface area contributed by atoms with Gasteiger partial charge in [-0.15, -0.1) is 0 Å². The van der Waals surface area contributed by atoms with E-state index in [1.807, 2.05) is 0 Å². The molecule has 1 aliphatic heterocycles. The molecule has 0 aromatic heterocycles. The van der Waals surface area contributed by atoms with Crippen molar-refractivity contribution in [1.29, 1.82) is 0 Å². The summed E-state index contributed by atoms with van der Waals surface area (Å²) >= 11 is 5.67. The van der Waals surface area contributed by atoms with E-state index in [4.69, 9.17) is 17.3 Å². The van der Waals surface area contributed by atoms with E-state index in [1.54, 1.807) is 6.07 Å². The van der Waals surface area contributed by atoms with E-state index < -0.39 is 11.9 Å². The first-order chi connectivity index (χ1) is 7.61. The zero-order valence-corrected chi connectivity index (χ0v) is 9.38.